The normalized spacial score (nSPS) is 18.0. The Morgan fingerprint density at radius 3 is 2.89 bits per heavy atom. The van der Waals surface area contributed by atoms with Crippen molar-refractivity contribution >= 4 is 16.9 Å². The molecule has 3 aromatic rings. The molecule has 1 fully saturated rings. The topological polar surface area (TPSA) is 79.7 Å². The number of H-pyrrole nitrogens is 1. The summed E-state index contributed by atoms with van der Waals surface area (Å²) in [4.78, 5) is 26.7. The van der Waals surface area contributed by atoms with Crippen LogP contribution < -0.4 is 10.5 Å². The van der Waals surface area contributed by atoms with Crippen LogP contribution >= 0.6 is 0 Å². The third kappa shape index (κ3) is 3.11. The van der Waals surface area contributed by atoms with Gasteiger partial charge in [0, 0.05) is 31.9 Å². The summed E-state index contributed by atoms with van der Waals surface area (Å²) in [6.07, 6.45) is 9.98. The lowest BCUT2D eigenvalue weighted by atomic mass is 9.95. The molecular weight excluding hydrogens is 340 g/mol. The van der Waals surface area contributed by atoms with Crippen LogP contribution in [0.4, 0.5) is 5.82 Å². The summed E-state index contributed by atoms with van der Waals surface area (Å²) >= 11 is 0. The van der Waals surface area contributed by atoms with Gasteiger partial charge in [0.15, 0.2) is 0 Å². The number of rotatable bonds is 3. The molecule has 2 aliphatic rings. The summed E-state index contributed by atoms with van der Waals surface area (Å²) in [6.45, 7) is 2.62. The van der Waals surface area contributed by atoms with Crippen LogP contribution in [0.3, 0.4) is 0 Å². The molecule has 7 nitrogen and oxygen atoms in total. The standard InChI is InChI=1S/C20H24N6O/c27-18-11-15-3-1-2-4-17(15)24-26(18)12-14-6-9-25(10-7-14)20-16-5-8-21-19(16)22-13-23-20/h5,8,11,13-14H,1-4,6-7,9-10,12H2,(H,21,22,23). The van der Waals surface area contributed by atoms with Crippen LogP contribution in [0.15, 0.2) is 29.5 Å². The number of aromatic amines is 1. The number of hydrogen-bond donors (Lipinski definition) is 1. The highest BCUT2D eigenvalue weighted by molar-refractivity contribution is 5.87. The summed E-state index contributed by atoms with van der Waals surface area (Å²) in [7, 11) is 0. The summed E-state index contributed by atoms with van der Waals surface area (Å²) in [5.41, 5.74) is 3.24. The number of aromatic nitrogens is 5. The maximum Gasteiger partial charge on any atom is 0.267 e. The van der Waals surface area contributed by atoms with E-state index < -0.39 is 0 Å². The van der Waals surface area contributed by atoms with E-state index in [1.165, 1.54) is 12.8 Å². The summed E-state index contributed by atoms with van der Waals surface area (Å²) < 4.78 is 1.71. The van der Waals surface area contributed by atoms with E-state index in [1.54, 1.807) is 11.0 Å². The van der Waals surface area contributed by atoms with E-state index in [0.717, 1.165) is 73.4 Å². The highest BCUT2D eigenvalue weighted by Crippen LogP contribution is 2.27. The van der Waals surface area contributed by atoms with Gasteiger partial charge in [-0.15, -0.1) is 0 Å². The third-order valence-electron chi connectivity index (χ3n) is 5.95. The van der Waals surface area contributed by atoms with Gasteiger partial charge in [0.05, 0.1) is 11.1 Å². The van der Waals surface area contributed by atoms with E-state index in [4.69, 9.17) is 0 Å². The molecule has 0 amide bonds. The van der Waals surface area contributed by atoms with E-state index >= 15 is 0 Å². The Balaban J connectivity index is 1.29. The first-order valence-corrected chi connectivity index (χ1v) is 9.91. The van der Waals surface area contributed by atoms with Gasteiger partial charge in [-0.2, -0.15) is 5.10 Å². The summed E-state index contributed by atoms with van der Waals surface area (Å²) in [6, 6.07) is 3.85. The van der Waals surface area contributed by atoms with Crippen LogP contribution in [0.5, 0.6) is 0 Å². The van der Waals surface area contributed by atoms with Crippen molar-refractivity contribution in [2.24, 2.45) is 5.92 Å². The Morgan fingerprint density at radius 2 is 2.00 bits per heavy atom. The van der Waals surface area contributed by atoms with Crippen LogP contribution in [0.1, 0.15) is 36.9 Å². The molecule has 1 N–H and O–H groups in total. The lowest BCUT2D eigenvalue weighted by molar-refractivity contribution is 0.331. The van der Waals surface area contributed by atoms with Gasteiger partial charge in [-0.25, -0.2) is 14.6 Å². The number of hydrogen-bond acceptors (Lipinski definition) is 5. The van der Waals surface area contributed by atoms with Crippen molar-refractivity contribution in [3.8, 4) is 0 Å². The molecule has 4 heterocycles. The van der Waals surface area contributed by atoms with Gasteiger partial charge in [0.2, 0.25) is 0 Å². The van der Waals surface area contributed by atoms with Crippen molar-refractivity contribution in [2.75, 3.05) is 18.0 Å². The van der Waals surface area contributed by atoms with Gasteiger partial charge in [-0.05, 0) is 56.1 Å². The Labute approximate surface area is 157 Å². The average molecular weight is 364 g/mol. The molecule has 5 rings (SSSR count). The second-order valence-corrected chi connectivity index (χ2v) is 7.71. The lowest BCUT2D eigenvalue weighted by Gasteiger charge is -2.33. The lowest BCUT2D eigenvalue weighted by Crippen LogP contribution is -2.37. The van der Waals surface area contributed by atoms with Crippen LogP contribution in [-0.2, 0) is 19.4 Å². The molecule has 0 unspecified atom stereocenters. The van der Waals surface area contributed by atoms with Gasteiger partial charge in [-0.1, -0.05) is 0 Å². The number of nitrogens with zero attached hydrogens (tertiary/aromatic N) is 5. The SMILES string of the molecule is O=c1cc2c(nn1CC1CCN(c3ncnc4[nH]ccc34)CC1)CCCC2. The Morgan fingerprint density at radius 1 is 1.15 bits per heavy atom. The van der Waals surface area contributed by atoms with Gasteiger partial charge in [0.25, 0.3) is 5.56 Å². The van der Waals surface area contributed by atoms with Crippen molar-refractivity contribution in [1.29, 1.82) is 0 Å². The molecule has 1 aliphatic heterocycles. The predicted molar refractivity (Wildman–Crippen MR) is 104 cm³/mol. The molecule has 0 radical (unpaired) electrons. The molecule has 3 aromatic heterocycles. The van der Waals surface area contributed by atoms with Crippen molar-refractivity contribution in [3.05, 3.63) is 46.3 Å². The minimum Gasteiger partial charge on any atom is -0.356 e. The molecule has 140 valence electrons. The van der Waals surface area contributed by atoms with Crippen LogP contribution in [-0.4, -0.2) is 37.8 Å². The smallest absolute Gasteiger partial charge is 0.267 e. The number of nitrogens with one attached hydrogen (secondary N) is 1. The largest absolute Gasteiger partial charge is 0.356 e. The number of anilines is 1. The Kier molecular flexibility index (Phi) is 4.14. The Bertz CT molecular complexity index is 1010. The van der Waals surface area contributed by atoms with E-state index in [2.05, 4.69) is 25.0 Å². The zero-order chi connectivity index (χ0) is 18.2. The molecule has 27 heavy (non-hydrogen) atoms. The fourth-order valence-electron chi connectivity index (χ4n) is 4.41. The molecule has 0 saturated carbocycles. The average Bonchev–Trinajstić information content (AvgIpc) is 3.18. The highest BCUT2D eigenvalue weighted by atomic mass is 16.1. The van der Waals surface area contributed by atoms with Gasteiger partial charge >= 0.3 is 0 Å². The number of fused-ring (bicyclic) bond motifs is 2. The van der Waals surface area contributed by atoms with Crippen LogP contribution in [0.25, 0.3) is 11.0 Å². The fourth-order valence-corrected chi connectivity index (χ4v) is 4.41. The number of aryl methyl sites for hydroxylation is 2. The van der Waals surface area contributed by atoms with Gasteiger partial charge in [-0.3, -0.25) is 4.79 Å². The van der Waals surface area contributed by atoms with E-state index in [9.17, 15) is 4.79 Å². The molecule has 1 saturated heterocycles. The molecule has 0 spiro atoms. The number of piperidine rings is 1. The fraction of sp³-hybridized carbons (Fsp3) is 0.500. The van der Waals surface area contributed by atoms with Gasteiger partial charge in [0.1, 0.15) is 17.8 Å². The second-order valence-electron chi connectivity index (χ2n) is 7.71. The zero-order valence-corrected chi connectivity index (χ0v) is 15.4. The zero-order valence-electron chi connectivity index (χ0n) is 15.4. The quantitative estimate of drug-likeness (QED) is 0.771. The summed E-state index contributed by atoms with van der Waals surface area (Å²) in [5, 5.41) is 5.76. The van der Waals surface area contributed by atoms with Crippen molar-refractivity contribution < 1.29 is 0 Å². The first-order valence-electron chi connectivity index (χ1n) is 9.91. The van der Waals surface area contributed by atoms with E-state index in [0.29, 0.717) is 5.92 Å². The Hall–Kier alpha value is -2.70. The monoisotopic (exact) mass is 364 g/mol. The van der Waals surface area contributed by atoms with Crippen LogP contribution in [0, 0.1) is 5.92 Å². The predicted octanol–water partition coefficient (Wildman–Crippen LogP) is 2.31. The second kappa shape index (κ2) is 6.79. The van der Waals surface area contributed by atoms with E-state index in [-0.39, 0.29) is 5.56 Å². The maximum atomic E-state index is 12.4. The van der Waals surface area contributed by atoms with Crippen LogP contribution in [0.2, 0.25) is 0 Å². The molecule has 7 heteroatoms. The first-order chi connectivity index (χ1) is 13.3. The van der Waals surface area contributed by atoms with Crippen molar-refractivity contribution in [3.63, 3.8) is 0 Å². The highest BCUT2D eigenvalue weighted by Gasteiger charge is 2.23. The molecule has 1 aliphatic carbocycles. The van der Waals surface area contributed by atoms with Gasteiger partial charge < -0.3 is 9.88 Å². The van der Waals surface area contributed by atoms with Crippen molar-refractivity contribution in [1.82, 2.24) is 24.7 Å². The molecule has 0 aromatic carbocycles. The third-order valence-corrected chi connectivity index (χ3v) is 5.95. The molecule has 0 atom stereocenters. The minimum absolute atomic E-state index is 0.0583. The van der Waals surface area contributed by atoms with E-state index in [1.807, 2.05) is 18.3 Å². The van der Waals surface area contributed by atoms with Crippen molar-refractivity contribution in [2.45, 2.75) is 45.1 Å². The molecule has 0 bridgehead atoms. The first kappa shape index (κ1) is 16.5. The molecular formula is C20H24N6O. The minimum atomic E-state index is 0.0583. The summed E-state index contributed by atoms with van der Waals surface area (Å²) in [5.74, 6) is 1.49. The maximum absolute atomic E-state index is 12.4.